The van der Waals surface area contributed by atoms with Gasteiger partial charge in [0.15, 0.2) is 0 Å². The summed E-state index contributed by atoms with van der Waals surface area (Å²) in [5, 5.41) is 11.4. The van der Waals surface area contributed by atoms with Gasteiger partial charge in [0.05, 0.1) is 0 Å². The third-order valence-electron chi connectivity index (χ3n) is 2.42. The monoisotopic (exact) mass is 245 g/mol. The second-order valence-electron chi connectivity index (χ2n) is 4.47. The molecule has 1 aliphatic rings. The minimum atomic E-state index is -0.789. The van der Waals surface area contributed by atoms with Crippen LogP contribution in [0.3, 0.4) is 0 Å². The summed E-state index contributed by atoms with van der Waals surface area (Å²) in [5.74, 6) is -0.0762. The van der Waals surface area contributed by atoms with Gasteiger partial charge in [-0.3, -0.25) is 9.59 Å². The largest absolute Gasteiger partial charge is 0.480 e. The van der Waals surface area contributed by atoms with Gasteiger partial charge in [-0.25, -0.2) is 0 Å². The van der Waals surface area contributed by atoms with Crippen LogP contribution in [0, 0.1) is 5.92 Å². The molecule has 0 aromatic carbocycles. The number of amides is 1. The molecule has 92 valence electrons. The molecule has 0 heterocycles. The minimum absolute atomic E-state index is 0.0443. The first-order valence-electron chi connectivity index (χ1n) is 5.64. The fraction of sp³-hybridized carbons (Fsp3) is 0.818. The SMILES string of the molecule is CC(C)C(SCCC(=O)NC1CC1)C(=O)O. The van der Waals surface area contributed by atoms with Gasteiger partial charge in [0.2, 0.25) is 5.91 Å². The lowest BCUT2D eigenvalue weighted by Gasteiger charge is -2.15. The van der Waals surface area contributed by atoms with Gasteiger partial charge in [0, 0.05) is 18.2 Å². The van der Waals surface area contributed by atoms with Gasteiger partial charge in [0.25, 0.3) is 0 Å². The van der Waals surface area contributed by atoms with E-state index in [0.717, 1.165) is 12.8 Å². The standard InChI is InChI=1S/C11H19NO3S/c1-7(2)10(11(14)15)16-6-5-9(13)12-8-3-4-8/h7-8,10H,3-6H2,1-2H3,(H,12,13)(H,14,15). The minimum Gasteiger partial charge on any atom is -0.480 e. The molecule has 1 aliphatic carbocycles. The summed E-state index contributed by atoms with van der Waals surface area (Å²) >= 11 is 1.35. The van der Waals surface area contributed by atoms with Crippen LogP contribution in [0.5, 0.6) is 0 Å². The first-order chi connectivity index (χ1) is 7.50. The summed E-state index contributed by atoms with van der Waals surface area (Å²) in [6, 6.07) is 0.387. The quantitative estimate of drug-likeness (QED) is 0.713. The van der Waals surface area contributed by atoms with Gasteiger partial charge in [-0.2, -0.15) is 0 Å². The molecule has 0 aromatic rings. The highest BCUT2D eigenvalue weighted by atomic mass is 32.2. The molecule has 0 radical (unpaired) electrons. The Kier molecular flexibility index (Phi) is 5.12. The Morgan fingerprint density at radius 2 is 2.06 bits per heavy atom. The molecule has 1 amide bonds. The van der Waals surface area contributed by atoms with Crippen LogP contribution in [0.2, 0.25) is 0 Å². The van der Waals surface area contributed by atoms with E-state index in [0.29, 0.717) is 18.2 Å². The maximum absolute atomic E-state index is 11.3. The van der Waals surface area contributed by atoms with Crippen LogP contribution in [0.15, 0.2) is 0 Å². The predicted octanol–water partition coefficient (Wildman–Crippen LogP) is 1.50. The smallest absolute Gasteiger partial charge is 0.316 e. The predicted molar refractivity (Wildman–Crippen MR) is 64.5 cm³/mol. The summed E-state index contributed by atoms with van der Waals surface area (Å²) in [6.07, 6.45) is 2.59. The lowest BCUT2D eigenvalue weighted by molar-refractivity contribution is -0.137. The van der Waals surface area contributed by atoms with Gasteiger partial charge in [0.1, 0.15) is 5.25 Å². The first-order valence-corrected chi connectivity index (χ1v) is 6.69. The van der Waals surface area contributed by atoms with E-state index >= 15 is 0 Å². The molecule has 0 spiro atoms. The van der Waals surface area contributed by atoms with E-state index in [9.17, 15) is 9.59 Å². The van der Waals surface area contributed by atoms with E-state index in [1.807, 2.05) is 13.8 Å². The number of hydrogen-bond donors (Lipinski definition) is 2. The number of aliphatic carboxylic acids is 1. The molecule has 1 atom stereocenters. The highest BCUT2D eigenvalue weighted by molar-refractivity contribution is 8.00. The van der Waals surface area contributed by atoms with Crippen molar-refractivity contribution in [1.82, 2.24) is 5.32 Å². The molecule has 2 N–H and O–H groups in total. The van der Waals surface area contributed by atoms with Crippen LogP contribution in [0.25, 0.3) is 0 Å². The molecule has 0 aliphatic heterocycles. The molecule has 0 aromatic heterocycles. The highest BCUT2D eigenvalue weighted by Crippen LogP contribution is 2.21. The lowest BCUT2D eigenvalue weighted by Crippen LogP contribution is -2.27. The Bertz CT molecular complexity index is 264. The zero-order valence-corrected chi connectivity index (χ0v) is 10.5. The highest BCUT2D eigenvalue weighted by Gasteiger charge is 2.24. The average Bonchev–Trinajstić information content (AvgIpc) is 2.94. The number of thioether (sulfide) groups is 1. The molecular weight excluding hydrogens is 226 g/mol. The number of carboxylic acids is 1. The summed E-state index contributed by atoms with van der Waals surface area (Å²) < 4.78 is 0. The van der Waals surface area contributed by atoms with E-state index in [2.05, 4.69) is 5.32 Å². The van der Waals surface area contributed by atoms with Crippen molar-refractivity contribution in [2.45, 2.75) is 44.4 Å². The van der Waals surface area contributed by atoms with E-state index in [4.69, 9.17) is 5.11 Å². The van der Waals surface area contributed by atoms with Crippen molar-refractivity contribution in [1.29, 1.82) is 0 Å². The molecule has 1 rings (SSSR count). The number of hydrogen-bond acceptors (Lipinski definition) is 3. The van der Waals surface area contributed by atoms with Crippen molar-refractivity contribution in [2.75, 3.05) is 5.75 Å². The normalized spacial score (nSPS) is 17.2. The van der Waals surface area contributed by atoms with E-state index < -0.39 is 11.2 Å². The van der Waals surface area contributed by atoms with Crippen molar-refractivity contribution in [2.24, 2.45) is 5.92 Å². The van der Waals surface area contributed by atoms with Gasteiger partial charge < -0.3 is 10.4 Å². The van der Waals surface area contributed by atoms with E-state index in [1.165, 1.54) is 11.8 Å². The topological polar surface area (TPSA) is 66.4 Å². The van der Waals surface area contributed by atoms with Gasteiger partial charge in [-0.1, -0.05) is 13.8 Å². The van der Waals surface area contributed by atoms with E-state index in [-0.39, 0.29) is 11.8 Å². The van der Waals surface area contributed by atoms with Gasteiger partial charge in [-0.15, -0.1) is 11.8 Å². The van der Waals surface area contributed by atoms with E-state index in [1.54, 1.807) is 0 Å². The zero-order valence-electron chi connectivity index (χ0n) is 9.73. The van der Waals surface area contributed by atoms with Crippen molar-refractivity contribution in [3.63, 3.8) is 0 Å². The molecule has 1 saturated carbocycles. The molecule has 5 heteroatoms. The van der Waals surface area contributed by atoms with Crippen LogP contribution in [-0.2, 0) is 9.59 Å². The summed E-state index contributed by atoms with van der Waals surface area (Å²) in [7, 11) is 0. The summed E-state index contributed by atoms with van der Waals surface area (Å²) in [6.45, 7) is 3.77. The number of rotatable bonds is 7. The Morgan fingerprint density at radius 1 is 1.44 bits per heavy atom. The van der Waals surface area contributed by atoms with Crippen LogP contribution in [0.4, 0.5) is 0 Å². The second-order valence-corrected chi connectivity index (χ2v) is 5.71. The first kappa shape index (κ1) is 13.4. The Hall–Kier alpha value is -0.710. The average molecular weight is 245 g/mol. The molecule has 1 unspecified atom stereocenters. The summed E-state index contributed by atoms with van der Waals surface area (Å²) in [5.41, 5.74) is 0. The number of carboxylic acid groups (broad SMARTS) is 1. The molecule has 1 fully saturated rings. The van der Waals surface area contributed by atoms with Crippen LogP contribution in [-0.4, -0.2) is 34.0 Å². The van der Waals surface area contributed by atoms with Crippen LogP contribution < -0.4 is 5.32 Å². The molecule has 0 bridgehead atoms. The van der Waals surface area contributed by atoms with Crippen LogP contribution >= 0.6 is 11.8 Å². The Morgan fingerprint density at radius 3 is 2.50 bits per heavy atom. The molecule has 4 nitrogen and oxygen atoms in total. The van der Waals surface area contributed by atoms with Crippen LogP contribution in [0.1, 0.15) is 33.1 Å². The molecular formula is C11H19NO3S. The second kappa shape index (κ2) is 6.13. The van der Waals surface area contributed by atoms with Crippen molar-refractivity contribution in [3.05, 3.63) is 0 Å². The maximum Gasteiger partial charge on any atom is 0.316 e. The number of nitrogens with one attached hydrogen (secondary N) is 1. The maximum atomic E-state index is 11.3. The fourth-order valence-electron chi connectivity index (χ4n) is 1.35. The fourth-order valence-corrected chi connectivity index (χ4v) is 2.44. The van der Waals surface area contributed by atoms with Gasteiger partial charge in [-0.05, 0) is 18.8 Å². The third kappa shape index (κ3) is 4.88. The zero-order chi connectivity index (χ0) is 12.1. The lowest BCUT2D eigenvalue weighted by atomic mass is 10.1. The Labute approximate surface area is 100 Å². The molecule has 16 heavy (non-hydrogen) atoms. The van der Waals surface area contributed by atoms with Crippen molar-refractivity contribution in [3.8, 4) is 0 Å². The molecule has 0 saturated heterocycles. The summed E-state index contributed by atoms with van der Waals surface area (Å²) in [4.78, 5) is 22.2. The van der Waals surface area contributed by atoms with Crippen molar-refractivity contribution >= 4 is 23.6 Å². The van der Waals surface area contributed by atoms with Crippen molar-refractivity contribution < 1.29 is 14.7 Å². The number of carbonyl (C=O) groups excluding carboxylic acids is 1. The number of carbonyl (C=O) groups is 2. The van der Waals surface area contributed by atoms with Gasteiger partial charge >= 0.3 is 5.97 Å². The third-order valence-corrected chi connectivity index (χ3v) is 3.96. The Balaban J connectivity index is 2.16.